The third kappa shape index (κ3) is 2.90. The minimum Gasteiger partial charge on any atom is -0.503 e. The average molecular weight is 451 g/mol. The van der Waals surface area contributed by atoms with Gasteiger partial charge in [-0.3, -0.25) is 14.4 Å². The SMILES string of the molecule is O=C(NCc1c(F)cc(F)cc1F)c1cn2c(c(O)c1=O)C(=O)N1[C@H]3CC(F)C(C3)[C@@H]1C2. The predicted octanol–water partition coefficient (Wildman–Crippen LogP) is 1.86. The molecular formula is C21H17F4N3O4. The summed E-state index contributed by atoms with van der Waals surface area (Å²) < 4.78 is 56.1. The van der Waals surface area contributed by atoms with Gasteiger partial charge in [0.15, 0.2) is 11.4 Å². The number of pyridine rings is 1. The molecule has 2 N–H and O–H groups in total. The Labute approximate surface area is 178 Å². The number of hydrogen-bond acceptors (Lipinski definition) is 4. The molecule has 168 valence electrons. The lowest BCUT2D eigenvalue weighted by Gasteiger charge is -2.41. The van der Waals surface area contributed by atoms with Crippen molar-refractivity contribution in [2.45, 2.75) is 44.2 Å². The smallest absolute Gasteiger partial charge is 0.275 e. The summed E-state index contributed by atoms with van der Waals surface area (Å²) in [5.41, 5.74) is -2.55. The second-order valence-corrected chi connectivity index (χ2v) is 8.34. The van der Waals surface area contributed by atoms with Crippen LogP contribution in [0, 0.1) is 23.4 Å². The normalized spacial score (nSPS) is 25.6. The van der Waals surface area contributed by atoms with Crippen LogP contribution in [0.25, 0.3) is 0 Å². The van der Waals surface area contributed by atoms with E-state index in [2.05, 4.69) is 5.32 Å². The molecule has 32 heavy (non-hydrogen) atoms. The van der Waals surface area contributed by atoms with E-state index in [1.807, 2.05) is 0 Å². The summed E-state index contributed by atoms with van der Waals surface area (Å²) in [7, 11) is 0. The number of rotatable bonds is 3. The molecule has 1 aromatic heterocycles. The Hall–Kier alpha value is -3.37. The van der Waals surface area contributed by atoms with Crippen molar-refractivity contribution in [3.05, 3.63) is 62.8 Å². The minimum atomic E-state index is -1.21. The molecule has 2 amide bonds. The van der Waals surface area contributed by atoms with Gasteiger partial charge in [-0.2, -0.15) is 0 Å². The highest BCUT2D eigenvalue weighted by atomic mass is 19.1. The van der Waals surface area contributed by atoms with E-state index in [1.54, 1.807) is 0 Å². The number of piperidine rings is 1. The van der Waals surface area contributed by atoms with Crippen LogP contribution in [0.3, 0.4) is 0 Å². The first-order valence-corrected chi connectivity index (χ1v) is 10.0. The first kappa shape index (κ1) is 20.5. The fraction of sp³-hybridized carbons (Fsp3) is 0.381. The standard InChI is InChI=1S/C21H17F4N3O4/c22-8-1-13(23)11(14(24)2-8)5-26-20(31)12-6-27-7-16-10-3-9(4-15(10)25)28(16)21(32)17(27)19(30)18(12)29/h1-2,6,9-10,15-16,30H,3-5,7H2,(H,26,31)/t9-,10?,15?,16+/m1/s1. The van der Waals surface area contributed by atoms with Gasteiger partial charge >= 0.3 is 0 Å². The molecule has 3 aliphatic rings. The van der Waals surface area contributed by atoms with Crippen LogP contribution < -0.4 is 10.7 Å². The maximum atomic E-state index is 14.2. The molecule has 1 aromatic carbocycles. The Balaban J connectivity index is 1.45. The van der Waals surface area contributed by atoms with Crippen LogP contribution in [-0.2, 0) is 13.1 Å². The molecule has 2 aliphatic heterocycles. The fourth-order valence-electron chi connectivity index (χ4n) is 5.14. The van der Waals surface area contributed by atoms with E-state index in [9.17, 15) is 37.1 Å². The second-order valence-electron chi connectivity index (χ2n) is 8.34. The van der Waals surface area contributed by atoms with E-state index < -0.39 is 70.3 Å². The number of carbonyl (C=O) groups excluding carboxylic acids is 2. The number of benzene rings is 1. The first-order valence-electron chi connectivity index (χ1n) is 10.0. The molecular weight excluding hydrogens is 434 g/mol. The molecule has 1 saturated carbocycles. The van der Waals surface area contributed by atoms with Crippen molar-refractivity contribution in [3.8, 4) is 5.75 Å². The summed E-state index contributed by atoms with van der Waals surface area (Å²) in [5, 5.41) is 12.6. The molecule has 2 bridgehead atoms. The molecule has 5 rings (SSSR count). The summed E-state index contributed by atoms with van der Waals surface area (Å²) in [6, 6.07) is 0.160. The number of halogens is 4. The molecule has 3 heterocycles. The summed E-state index contributed by atoms with van der Waals surface area (Å²) in [5.74, 6) is -6.47. The van der Waals surface area contributed by atoms with Crippen molar-refractivity contribution in [2.75, 3.05) is 0 Å². The Morgan fingerprint density at radius 3 is 2.53 bits per heavy atom. The molecule has 0 radical (unpaired) electrons. The number of fused-ring (bicyclic) bond motifs is 6. The van der Waals surface area contributed by atoms with E-state index >= 15 is 0 Å². The van der Waals surface area contributed by atoms with E-state index in [0.717, 1.165) is 6.20 Å². The van der Waals surface area contributed by atoms with Crippen molar-refractivity contribution in [2.24, 2.45) is 5.92 Å². The average Bonchev–Trinajstić information content (AvgIpc) is 3.26. The van der Waals surface area contributed by atoms with Crippen molar-refractivity contribution in [1.82, 2.24) is 14.8 Å². The van der Waals surface area contributed by atoms with Crippen molar-refractivity contribution in [3.63, 3.8) is 0 Å². The molecule has 4 atom stereocenters. The lowest BCUT2D eigenvalue weighted by Crippen LogP contribution is -2.54. The molecule has 11 heteroatoms. The van der Waals surface area contributed by atoms with E-state index in [4.69, 9.17) is 0 Å². The van der Waals surface area contributed by atoms with Gasteiger partial charge in [0.2, 0.25) is 5.43 Å². The summed E-state index contributed by atoms with van der Waals surface area (Å²) >= 11 is 0. The van der Waals surface area contributed by atoms with Crippen LogP contribution in [-0.4, -0.2) is 44.6 Å². The third-order valence-electron chi connectivity index (χ3n) is 6.60. The molecule has 2 aromatic rings. The van der Waals surface area contributed by atoms with E-state index in [-0.39, 0.29) is 30.6 Å². The minimum absolute atomic E-state index is 0.0952. The fourth-order valence-corrected chi connectivity index (χ4v) is 5.14. The van der Waals surface area contributed by atoms with Crippen LogP contribution in [0.1, 0.15) is 39.3 Å². The van der Waals surface area contributed by atoms with Gasteiger partial charge in [-0.25, -0.2) is 17.6 Å². The number of carbonyl (C=O) groups is 2. The number of aromatic nitrogens is 1. The lowest BCUT2D eigenvalue weighted by molar-refractivity contribution is 0.0350. The summed E-state index contributed by atoms with van der Waals surface area (Å²) in [4.78, 5) is 39.6. The molecule has 2 unspecified atom stereocenters. The third-order valence-corrected chi connectivity index (χ3v) is 6.60. The second kappa shape index (κ2) is 7.07. The highest BCUT2D eigenvalue weighted by Gasteiger charge is 2.56. The van der Waals surface area contributed by atoms with Crippen LogP contribution >= 0.6 is 0 Å². The largest absolute Gasteiger partial charge is 0.503 e. The zero-order valence-corrected chi connectivity index (χ0v) is 16.4. The quantitative estimate of drug-likeness (QED) is 0.697. The molecule has 7 nitrogen and oxygen atoms in total. The number of nitrogens with one attached hydrogen (secondary N) is 1. The number of aromatic hydroxyl groups is 1. The van der Waals surface area contributed by atoms with Crippen molar-refractivity contribution < 1.29 is 32.3 Å². The highest BCUT2D eigenvalue weighted by molar-refractivity contribution is 5.99. The van der Waals surface area contributed by atoms with Crippen LogP contribution in [0.2, 0.25) is 0 Å². The van der Waals surface area contributed by atoms with Gasteiger partial charge in [0.1, 0.15) is 29.2 Å². The Morgan fingerprint density at radius 1 is 1.16 bits per heavy atom. The van der Waals surface area contributed by atoms with E-state index in [0.29, 0.717) is 18.6 Å². The van der Waals surface area contributed by atoms with Crippen molar-refractivity contribution >= 4 is 11.8 Å². The van der Waals surface area contributed by atoms with Gasteiger partial charge in [0.25, 0.3) is 11.8 Å². The van der Waals surface area contributed by atoms with Crippen LogP contribution in [0.4, 0.5) is 17.6 Å². The van der Waals surface area contributed by atoms with Crippen LogP contribution in [0.5, 0.6) is 5.75 Å². The van der Waals surface area contributed by atoms with Crippen LogP contribution in [0.15, 0.2) is 23.1 Å². The first-order chi connectivity index (χ1) is 15.2. The molecule has 0 spiro atoms. The Morgan fingerprint density at radius 2 is 1.84 bits per heavy atom. The monoisotopic (exact) mass is 451 g/mol. The maximum Gasteiger partial charge on any atom is 0.275 e. The van der Waals surface area contributed by atoms with Gasteiger partial charge in [-0.15, -0.1) is 0 Å². The van der Waals surface area contributed by atoms with Gasteiger partial charge in [0, 0.05) is 48.9 Å². The number of amides is 2. The zero-order chi connectivity index (χ0) is 22.9. The molecule has 2 fully saturated rings. The van der Waals surface area contributed by atoms with Gasteiger partial charge in [0.05, 0.1) is 6.04 Å². The number of nitrogens with zero attached hydrogens (tertiary/aromatic N) is 2. The Kier molecular flexibility index (Phi) is 4.54. The zero-order valence-electron chi connectivity index (χ0n) is 16.4. The van der Waals surface area contributed by atoms with Gasteiger partial charge in [-0.05, 0) is 12.8 Å². The number of alkyl halides is 1. The van der Waals surface area contributed by atoms with Crippen molar-refractivity contribution in [1.29, 1.82) is 0 Å². The number of hydrogen-bond donors (Lipinski definition) is 2. The highest BCUT2D eigenvalue weighted by Crippen LogP contribution is 2.47. The predicted molar refractivity (Wildman–Crippen MR) is 101 cm³/mol. The van der Waals surface area contributed by atoms with Gasteiger partial charge < -0.3 is 19.9 Å². The maximum absolute atomic E-state index is 14.2. The lowest BCUT2D eigenvalue weighted by atomic mass is 9.94. The summed E-state index contributed by atoms with van der Waals surface area (Å²) in [6.07, 6.45) is 0.749. The van der Waals surface area contributed by atoms with Gasteiger partial charge in [-0.1, -0.05) is 0 Å². The molecule has 1 aliphatic carbocycles. The Bertz CT molecular complexity index is 1210. The summed E-state index contributed by atoms with van der Waals surface area (Å²) in [6.45, 7) is -0.584. The topological polar surface area (TPSA) is 91.6 Å². The van der Waals surface area contributed by atoms with E-state index in [1.165, 1.54) is 9.47 Å². The molecule has 1 saturated heterocycles.